The zero-order valence-electron chi connectivity index (χ0n) is 10.6. The molecule has 2 aromatic rings. The van der Waals surface area contributed by atoms with Gasteiger partial charge in [-0.1, -0.05) is 0 Å². The van der Waals surface area contributed by atoms with Crippen LogP contribution in [0.25, 0.3) is 11.3 Å². The lowest BCUT2D eigenvalue weighted by molar-refractivity contribution is 0.0903. The third-order valence-electron chi connectivity index (χ3n) is 3.17. The van der Waals surface area contributed by atoms with Gasteiger partial charge in [0.05, 0.1) is 5.69 Å². The van der Waals surface area contributed by atoms with Gasteiger partial charge in [0.2, 0.25) is 5.95 Å². The molecule has 0 aromatic carbocycles. The van der Waals surface area contributed by atoms with Crippen molar-refractivity contribution in [2.24, 2.45) is 0 Å². The van der Waals surface area contributed by atoms with Gasteiger partial charge >= 0.3 is 0 Å². The van der Waals surface area contributed by atoms with E-state index in [0.29, 0.717) is 12.0 Å². The van der Waals surface area contributed by atoms with Gasteiger partial charge in [-0.3, -0.25) is 4.98 Å². The second kappa shape index (κ2) is 5.75. The smallest absolute Gasteiger partial charge is 0.223 e. The minimum absolute atomic E-state index is 0.401. The molecule has 1 fully saturated rings. The van der Waals surface area contributed by atoms with Gasteiger partial charge in [-0.25, -0.2) is 9.97 Å². The molecule has 19 heavy (non-hydrogen) atoms. The van der Waals surface area contributed by atoms with Crippen LogP contribution in [-0.4, -0.2) is 34.2 Å². The standard InChI is InChI=1S/C14H16N4O/c1-2-11(10-15-6-1)13-3-7-16-14(18-13)17-12-4-8-19-9-5-12/h1-3,6-7,10,12H,4-5,8-9H2,(H,16,17,18). The first-order valence-electron chi connectivity index (χ1n) is 6.49. The highest BCUT2D eigenvalue weighted by Gasteiger charge is 2.14. The highest BCUT2D eigenvalue weighted by Crippen LogP contribution is 2.17. The van der Waals surface area contributed by atoms with Gasteiger partial charge in [-0.05, 0) is 31.0 Å². The first-order valence-corrected chi connectivity index (χ1v) is 6.49. The van der Waals surface area contributed by atoms with Crippen LogP contribution in [0.5, 0.6) is 0 Å². The normalized spacial score (nSPS) is 16.2. The Bertz CT molecular complexity index is 526. The monoisotopic (exact) mass is 256 g/mol. The summed E-state index contributed by atoms with van der Waals surface area (Å²) >= 11 is 0. The predicted molar refractivity (Wildman–Crippen MR) is 72.7 cm³/mol. The van der Waals surface area contributed by atoms with Gasteiger partial charge in [-0.2, -0.15) is 0 Å². The topological polar surface area (TPSA) is 59.9 Å². The Morgan fingerprint density at radius 3 is 2.84 bits per heavy atom. The van der Waals surface area contributed by atoms with E-state index in [1.165, 1.54) is 0 Å². The summed E-state index contributed by atoms with van der Waals surface area (Å²) in [5.74, 6) is 0.674. The van der Waals surface area contributed by atoms with Crippen molar-refractivity contribution in [3.63, 3.8) is 0 Å². The van der Waals surface area contributed by atoms with Crippen LogP contribution in [0.4, 0.5) is 5.95 Å². The summed E-state index contributed by atoms with van der Waals surface area (Å²) in [6, 6.07) is 6.20. The number of nitrogens with one attached hydrogen (secondary N) is 1. The van der Waals surface area contributed by atoms with E-state index in [2.05, 4.69) is 20.3 Å². The Labute approximate surface area is 112 Å². The van der Waals surface area contributed by atoms with Gasteiger partial charge in [0.25, 0.3) is 0 Å². The highest BCUT2D eigenvalue weighted by atomic mass is 16.5. The molecule has 0 unspecified atom stereocenters. The molecule has 1 N–H and O–H groups in total. The van der Waals surface area contributed by atoms with Gasteiger partial charge in [-0.15, -0.1) is 0 Å². The van der Waals surface area contributed by atoms with Crippen LogP contribution in [0.15, 0.2) is 36.8 Å². The molecule has 1 aliphatic rings. The number of rotatable bonds is 3. The Kier molecular flexibility index (Phi) is 3.65. The van der Waals surface area contributed by atoms with Crippen molar-refractivity contribution >= 4 is 5.95 Å². The molecule has 2 aromatic heterocycles. The van der Waals surface area contributed by atoms with Gasteiger partial charge in [0, 0.05) is 43.4 Å². The number of pyridine rings is 1. The highest BCUT2D eigenvalue weighted by molar-refractivity contribution is 5.58. The lowest BCUT2D eigenvalue weighted by Gasteiger charge is -2.23. The van der Waals surface area contributed by atoms with Crippen molar-refractivity contribution in [2.45, 2.75) is 18.9 Å². The lowest BCUT2D eigenvalue weighted by atomic mass is 10.1. The first kappa shape index (κ1) is 12.0. The maximum atomic E-state index is 5.34. The van der Waals surface area contributed by atoms with E-state index < -0.39 is 0 Å². The quantitative estimate of drug-likeness (QED) is 0.911. The Morgan fingerprint density at radius 2 is 2.05 bits per heavy atom. The third kappa shape index (κ3) is 3.06. The fraction of sp³-hybridized carbons (Fsp3) is 0.357. The molecule has 0 spiro atoms. The summed E-state index contributed by atoms with van der Waals surface area (Å²) in [4.78, 5) is 12.9. The molecular formula is C14H16N4O. The van der Waals surface area contributed by atoms with Crippen molar-refractivity contribution in [2.75, 3.05) is 18.5 Å². The Morgan fingerprint density at radius 1 is 1.16 bits per heavy atom. The van der Waals surface area contributed by atoms with Gasteiger partial charge < -0.3 is 10.1 Å². The summed E-state index contributed by atoms with van der Waals surface area (Å²) in [6.45, 7) is 1.61. The van der Waals surface area contributed by atoms with Crippen molar-refractivity contribution in [3.8, 4) is 11.3 Å². The average Bonchev–Trinajstić information content (AvgIpc) is 2.49. The minimum Gasteiger partial charge on any atom is -0.381 e. The second-order valence-electron chi connectivity index (χ2n) is 4.54. The van der Waals surface area contributed by atoms with Crippen LogP contribution in [0, 0.1) is 0 Å². The number of hydrogen-bond acceptors (Lipinski definition) is 5. The maximum Gasteiger partial charge on any atom is 0.223 e. The molecule has 0 radical (unpaired) electrons. The number of hydrogen-bond donors (Lipinski definition) is 1. The predicted octanol–water partition coefficient (Wildman–Crippen LogP) is 2.13. The molecule has 0 atom stereocenters. The minimum atomic E-state index is 0.401. The van der Waals surface area contributed by atoms with Crippen LogP contribution < -0.4 is 5.32 Å². The molecule has 0 amide bonds. The van der Waals surface area contributed by atoms with E-state index >= 15 is 0 Å². The van der Waals surface area contributed by atoms with Crippen molar-refractivity contribution < 1.29 is 4.74 Å². The van der Waals surface area contributed by atoms with E-state index in [9.17, 15) is 0 Å². The van der Waals surface area contributed by atoms with Crippen LogP contribution >= 0.6 is 0 Å². The molecule has 3 rings (SSSR count). The maximum absolute atomic E-state index is 5.34. The van der Waals surface area contributed by atoms with Gasteiger partial charge in [0.1, 0.15) is 0 Å². The largest absolute Gasteiger partial charge is 0.381 e. The van der Waals surface area contributed by atoms with E-state index in [-0.39, 0.29) is 0 Å². The molecule has 0 saturated carbocycles. The van der Waals surface area contributed by atoms with Crippen LogP contribution in [0.1, 0.15) is 12.8 Å². The third-order valence-corrected chi connectivity index (χ3v) is 3.17. The summed E-state index contributed by atoms with van der Waals surface area (Å²) in [5.41, 5.74) is 1.89. The molecule has 1 saturated heterocycles. The SMILES string of the molecule is c1cncc(-c2ccnc(NC3CCOCC3)n2)c1. The average molecular weight is 256 g/mol. The molecule has 0 aliphatic carbocycles. The van der Waals surface area contributed by atoms with E-state index in [4.69, 9.17) is 4.74 Å². The number of ether oxygens (including phenoxy) is 1. The lowest BCUT2D eigenvalue weighted by Crippen LogP contribution is -2.28. The molecular weight excluding hydrogens is 240 g/mol. The summed E-state index contributed by atoms with van der Waals surface area (Å²) < 4.78 is 5.34. The first-order chi connectivity index (χ1) is 9.42. The number of nitrogens with zero attached hydrogens (tertiary/aromatic N) is 3. The number of aromatic nitrogens is 3. The van der Waals surface area contributed by atoms with Crippen LogP contribution in [0.3, 0.4) is 0 Å². The van der Waals surface area contributed by atoms with Crippen LogP contribution in [0.2, 0.25) is 0 Å². The molecule has 5 heteroatoms. The second-order valence-corrected chi connectivity index (χ2v) is 4.54. The molecule has 3 heterocycles. The molecule has 0 bridgehead atoms. The fourth-order valence-corrected chi connectivity index (χ4v) is 2.13. The number of anilines is 1. The van der Waals surface area contributed by atoms with E-state index in [0.717, 1.165) is 37.3 Å². The van der Waals surface area contributed by atoms with Crippen LogP contribution in [-0.2, 0) is 4.74 Å². The summed E-state index contributed by atoms with van der Waals surface area (Å²) in [6.07, 6.45) is 7.34. The van der Waals surface area contributed by atoms with E-state index in [1.54, 1.807) is 18.6 Å². The Hall–Kier alpha value is -2.01. The van der Waals surface area contributed by atoms with Crippen molar-refractivity contribution in [1.82, 2.24) is 15.0 Å². The van der Waals surface area contributed by atoms with E-state index in [1.807, 2.05) is 18.2 Å². The zero-order valence-corrected chi connectivity index (χ0v) is 10.6. The molecule has 98 valence electrons. The van der Waals surface area contributed by atoms with Crippen molar-refractivity contribution in [3.05, 3.63) is 36.8 Å². The summed E-state index contributed by atoms with van der Waals surface area (Å²) in [7, 11) is 0. The zero-order chi connectivity index (χ0) is 12.9. The summed E-state index contributed by atoms with van der Waals surface area (Å²) in [5, 5.41) is 3.37. The fourth-order valence-electron chi connectivity index (χ4n) is 2.13. The molecule has 1 aliphatic heterocycles. The van der Waals surface area contributed by atoms with Gasteiger partial charge in [0.15, 0.2) is 0 Å². The van der Waals surface area contributed by atoms with Crippen molar-refractivity contribution in [1.29, 1.82) is 0 Å². The Balaban J connectivity index is 1.76. The molecule has 5 nitrogen and oxygen atoms in total.